The maximum atomic E-state index is 11.2. The van der Waals surface area contributed by atoms with Crippen molar-refractivity contribution in [3.63, 3.8) is 0 Å². The van der Waals surface area contributed by atoms with Gasteiger partial charge in [0.05, 0.1) is 6.04 Å². The summed E-state index contributed by atoms with van der Waals surface area (Å²) >= 11 is 0. The topological polar surface area (TPSA) is 72.2 Å². The van der Waals surface area contributed by atoms with Gasteiger partial charge < -0.3 is 11.1 Å². The molecule has 0 aliphatic rings. The summed E-state index contributed by atoms with van der Waals surface area (Å²) in [5, 5.41) is 2.84. The molecule has 3 atom stereocenters. The number of hydrogen-bond donors (Lipinski definition) is 2. The van der Waals surface area contributed by atoms with Crippen LogP contribution in [0.5, 0.6) is 0 Å². The van der Waals surface area contributed by atoms with E-state index in [1.807, 2.05) is 13.8 Å². The normalized spacial score (nSPS) is 17.1. The molecule has 84 valence electrons. The predicted octanol–water partition coefficient (Wildman–Crippen LogP) is -0.00300. The first-order valence-electron chi connectivity index (χ1n) is 4.84. The molecule has 5 heteroatoms. The largest absolute Gasteiger partial charge is 0.355 e. The second-order valence-electron chi connectivity index (χ2n) is 3.40. The Morgan fingerprint density at radius 3 is 2.57 bits per heavy atom. The summed E-state index contributed by atoms with van der Waals surface area (Å²) in [6, 6.07) is -0.419. The molecule has 2 unspecified atom stereocenters. The van der Waals surface area contributed by atoms with Crippen LogP contribution in [0.15, 0.2) is 0 Å². The molecular weight excluding hydrogens is 200 g/mol. The Labute approximate surface area is 88.1 Å². The average molecular weight is 220 g/mol. The fourth-order valence-electron chi connectivity index (χ4n) is 0.881. The summed E-state index contributed by atoms with van der Waals surface area (Å²) in [6.07, 6.45) is 3.04. The van der Waals surface area contributed by atoms with Gasteiger partial charge >= 0.3 is 0 Å². The number of carbonyl (C=O) groups excluding carboxylic acids is 1. The van der Waals surface area contributed by atoms with Gasteiger partial charge in [0.1, 0.15) is 0 Å². The van der Waals surface area contributed by atoms with E-state index in [0.717, 1.165) is 6.42 Å². The molecule has 0 aliphatic heterocycles. The number of nitrogens with one attached hydrogen (secondary N) is 1. The van der Waals surface area contributed by atoms with Crippen LogP contribution in [0.4, 0.5) is 0 Å². The van der Waals surface area contributed by atoms with Gasteiger partial charge in [-0.15, -0.1) is 0 Å². The van der Waals surface area contributed by atoms with Crippen molar-refractivity contribution >= 4 is 16.7 Å². The van der Waals surface area contributed by atoms with Crippen LogP contribution in [-0.2, 0) is 15.6 Å². The molecule has 0 bridgehead atoms. The van der Waals surface area contributed by atoms with Crippen molar-refractivity contribution in [2.45, 2.75) is 38.0 Å². The van der Waals surface area contributed by atoms with Gasteiger partial charge in [0.25, 0.3) is 0 Å². The highest BCUT2D eigenvalue weighted by atomic mass is 32.2. The zero-order valence-electron chi connectivity index (χ0n) is 9.08. The maximum absolute atomic E-state index is 11.2. The Kier molecular flexibility index (Phi) is 6.74. The number of amides is 1. The molecule has 0 aromatic rings. The number of nitrogens with two attached hydrogens (primary N) is 1. The Bertz CT molecular complexity index is 209. The van der Waals surface area contributed by atoms with Gasteiger partial charge in [-0.1, -0.05) is 13.8 Å². The highest BCUT2D eigenvalue weighted by Crippen LogP contribution is 1.97. The average Bonchev–Trinajstić information content (AvgIpc) is 2.15. The van der Waals surface area contributed by atoms with E-state index in [2.05, 4.69) is 5.32 Å². The van der Waals surface area contributed by atoms with Crippen LogP contribution in [0.25, 0.3) is 0 Å². The molecule has 0 aromatic carbocycles. The molecule has 0 rings (SSSR count). The Morgan fingerprint density at radius 1 is 1.57 bits per heavy atom. The van der Waals surface area contributed by atoms with Gasteiger partial charge in [0.2, 0.25) is 5.91 Å². The predicted molar refractivity (Wildman–Crippen MR) is 59.4 cm³/mol. The van der Waals surface area contributed by atoms with E-state index < -0.39 is 16.8 Å². The summed E-state index contributed by atoms with van der Waals surface area (Å²) < 4.78 is 11.0. The monoisotopic (exact) mass is 220 g/mol. The second kappa shape index (κ2) is 6.95. The van der Waals surface area contributed by atoms with Crippen molar-refractivity contribution in [3.8, 4) is 0 Å². The maximum Gasteiger partial charge on any atom is 0.236 e. The molecule has 0 heterocycles. The first-order chi connectivity index (χ1) is 6.49. The van der Waals surface area contributed by atoms with E-state index in [4.69, 9.17) is 5.73 Å². The van der Waals surface area contributed by atoms with Crippen LogP contribution < -0.4 is 11.1 Å². The van der Waals surface area contributed by atoms with E-state index in [-0.39, 0.29) is 11.2 Å². The van der Waals surface area contributed by atoms with Gasteiger partial charge in [-0.3, -0.25) is 9.00 Å². The van der Waals surface area contributed by atoms with E-state index in [0.29, 0.717) is 13.0 Å². The third-order valence-corrected chi connectivity index (χ3v) is 3.56. The second-order valence-corrected chi connectivity index (χ2v) is 5.21. The third-order valence-electron chi connectivity index (χ3n) is 2.19. The van der Waals surface area contributed by atoms with Gasteiger partial charge in [-0.25, -0.2) is 0 Å². The fraction of sp³-hybridized carbons (Fsp3) is 0.889. The molecule has 0 aromatic heterocycles. The SMILES string of the molecule is CC[C@H](N)C(=O)NCCC(C)S(C)=O. The molecule has 4 nitrogen and oxygen atoms in total. The summed E-state index contributed by atoms with van der Waals surface area (Å²) in [5.41, 5.74) is 5.52. The number of carbonyl (C=O) groups is 1. The molecule has 0 saturated carbocycles. The Morgan fingerprint density at radius 2 is 2.14 bits per heavy atom. The van der Waals surface area contributed by atoms with Crippen molar-refractivity contribution in [3.05, 3.63) is 0 Å². The molecule has 14 heavy (non-hydrogen) atoms. The minimum absolute atomic E-state index is 0.119. The highest BCUT2D eigenvalue weighted by molar-refractivity contribution is 7.84. The van der Waals surface area contributed by atoms with Crippen LogP contribution in [0.1, 0.15) is 26.7 Å². The molecule has 0 spiro atoms. The number of rotatable bonds is 6. The van der Waals surface area contributed by atoms with E-state index in [9.17, 15) is 9.00 Å². The van der Waals surface area contributed by atoms with Gasteiger partial charge in [0, 0.05) is 28.9 Å². The molecular formula is C9H20N2O2S. The summed E-state index contributed by atoms with van der Waals surface area (Å²) in [7, 11) is -0.820. The Balaban J connectivity index is 3.64. The lowest BCUT2D eigenvalue weighted by Gasteiger charge is -2.12. The first kappa shape index (κ1) is 13.6. The fourth-order valence-corrected chi connectivity index (χ4v) is 1.33. The van der Waals surface area contributed by atoms with Crippen molar-refractivity contribution in [2.75, 3.05) is 12.8 Å². The van der Waals surface area contributed by atoms with E-state index >= 15 is 0 Å². The molecule has 0 radical (unpaired) electrons. The van der Waals surface area contributed by atoms with Crippen molar-refractivity contribution in [1.29, 1.82) is 0 Å². The van der Waals surface area contributed by atoms with E-state index in [1.165, 1.54) is 0 Å². The lowest BCUT2D eigenvalue weighted by Crippen LogP contribution is -2.41. The van der Waals surface area contributed by atoms with E-state index in [1.54, 1.807) is 6.26 Å². The third kappa shape index (κ3) is 5.34. The standard InChI is InChI=1S/C9H20N2O2S/c1-4-8(10)9(12)11-6-5-7(2)14(3)13/h7-8H,4-6,10H2,1-3H3,(H,11,12)/t7?,8-,14?/m0/s1. The zero-order chi connectivity index (χ0) is 11.1. The zero-order valence-corrected chi connectivity index (χ0v) is 9.89. The summed E-state index contributed by atoms with van der Waals surface area (Å²) in [6.45, 7) is 4.32. The molecule has 0 saturated heterocycles. The van der Waals surface area contributed by atoms with Crippen LogP contribution in [-0.4, -0.2) is 34.2 Å². The summed E-state index contributed by atoms with van der Waals surface area (Å²) in [4.78, 5) is 11.2. The van der Waals surface area contributed by atoms with Crippen LogP contribution in [0, 0.1) is 0 Å². The van der Waals surface area contributed by atoms with Crippen LogP contribution >= 0.6 is 0 Å². The minimum atomic E-state index is -0.820. The molecule has 0 fully saturated rings. The van der Waals surface area contributed by atoms with Gasteiger partial charge in [0.15, 0.2) is 0 Å². The van der Waals surface area contributed by atoms with Crippen molar-refractivity contribution < 1.29 is 9.00 Å². The van der Waals surface area contributed by atoms with Gasteiger partial charge in [-0.2, -0.15) is 0 Å². The number of hydrogen-bond acceptors (Lipinski definition) is 3. The lowest BCUT2D eigenvalue weighted by molar-refractivity contribution is -0.122. The highest BCUT2D eigenvalue weighted by Gasteiger charge is 2.11. The van der Waals surface area contributed by atoms with Gasteiger partial charge in [-0.05, 0) is 12.8 Å². The smallest absolute Gasteiger partial charge is 0.236 e. The molecule has 0 aliphatic carbocycles. The van der Waals surface area contributed by atoms with Crippen molar-refractivity contribution in [1.82, 2.24) is 5.32 Å². The lowest BCUT2D eigenvalue weighted by atomic mass is 10.2. The van der Waals surface area contributed by atoms with Crippen LogP contribution in [0.2, 0.25) is 0 Å². The minimum Gasteiger partial charge on any atom is -0.355 e. The molecule has 3 N–H and O–H groups in total. The first-order valence-corrected chi connectivity index (χ1v) is 6.46. The summed E-state index contributed by atoms with van der Waals surface area (Å²) in [5.74, 6) is -0.124. The Hall–Kier alpha value is -0.420. The molecule has 1 amide bonds. The van der Waals surface area contributed by atoms with Crippen LogP contribution in [0.3, 0.4) is 0 Å². The van der Waals surface area contributed by atoms with Crippen molar-refractivity contribution in [2.24, 2.45) is 5.73 Å². The quantitative estimate of drug-likeness (QED) is 0.661.